The molecule has 2 aromatic heterocycles. The predicted octanol–water partition coefficient (Wildman–Crippen LogP) is 6.39. The molecule has 12 heteroatoms. The lowest BCUT2D eigenvalue weighted by Crippen LogP contribution is -2.31. The second-order valence-electron chi connectivity index (χ2n) is 9.71. The number of anilines is 1. The Labute approximate surface area is 254 Å². The molecule has 3 aromatic carbocycles. The number of phenolic OH excluding ortho intramolecular Hbond substituents is 1. The fourth-order valence-corrected chi connectivity index (χ4v) is 6.67. The molecule has 1 amide bonds. The van der Waals surface area contributed by atoms with Gasteiger partial charge in [-0.2, -0.15) is 0 Å². The molecule has 43 heavy (non-hydrogen) atoms. The van der Waals surface area contributed by atoms with E-state index in [0.29, 0.717) is 32.4 Å². The number of aromatic nitrogens is 2. The third-order valence-electron chi connectivity index (χ3n) is 7.01. The van der Waals surface area contributed by atoms with E-state index in [1.165, 1.54) is 49.1 Å². The maximum Gasteiger partial charge on any atom is 0.296 e. The Morgan fingerprint density at radius 3 is 2.53 bits per heavy atom. The minimum atomic E-state index is -1.12. The number of aromatic hydroxyl groups is 1. The van der Waals surface area contributed by atoms with Crippen LogP contribution in [0.3, 0.4) is 0 Å². The summed E-state index contributed by atoms with van der Waals surface area (Å²) in [7, 11) is 2.88. The summed E-state index contributed by atoms with van der Waals surface area (Å²) in [5, 5.41) is 30.7. The fraction of sp³-hybridized carbons (Fsp3) is 0.161. The number of amides is 1. The third kappa shape index (κ3) is 5.19. The zero-order valence-corrected chi connectivity index (χ0v) is 24.9. The first kappa shape index (κ1) is 28.3. The summed E-state index contributed by atoms with van der Waals surface area (Å²) >= 11 is 2.62. The molecule has 1 aliphatic heterocycles. The van der Waals surface area contributed by atoms with Crippen LogP contribution in [0.4, 0.5) is 5.13 Å². The van der Waals surface area contributed by atoms with Gasteiger partial charge in [-0.1, -0.05) is 71.1 Å². The maximum atomic E-state index is 14.0. The number of para-hydroxylation sites is 1. The normalized spacial score (nSPS) is 15.0. The van der Waals surface area contributed by atoms with E-state index in [9.17, 15) is 19.8 Å². The van der Waals surface area contributed by atoms with Gasteiger partial charge in [-0.25, -0.2) is 0 Å². The number of phenols is 1. The van der Waals surface area contributed by atoms with Crippen LogP contribution in [0, 0.1) is 6.92 Å². The van der Waals surface area contributed by atoms with Crippen LogP contribution < -0.4 is 14.4 Å². The Kier molecular flexibility index (Phi) is 7.55. The highest BCUT2D eigenvalue weighted by atomic mass is 32.2. The Morgan fingerprint density at radius 1 is 1.02 bits per heavy atom. The summed E-state index contributed by atoms with van der Waals surface area (Å²) in [5.41, 5.74) is 2.81. The van der Waals surface area contributed by atoms with E-state index in [1.807, 2.05) is 31.2 Å². The van der Waals surface area contributed by atoms with Gasteiger partial charge in [0.2, 0.25) is 10.9 Å². The quantitative estimate of drug-likeness (QED) is 0.109. The molecule has 0 saturated carbocycles. The number of rotatable bonds is 9. The number of Topliss-reactive ketones (excluding diaryl/α,β-unsaturated/α-hetero) is 1. The average Bonchev–Trinajstić information content (AvgIpc) is 3.73. The van der Waals surface area contributed by atoms with Gasteiger partial charge in [-0.15, -0.1) is 10.2 Å². The molecule has 0 saturated heterocycles. The van der Waals surface area contributed by atoms with Crippen molar-refractivity contribution in [3.63, 3.8) is 0 Å². The zero-order chi connectivity index (χ0) is 30.2. The first-order valence-electron chi connectivity index (χ1n) is 13.1. The topological polar surface area (TPSA) is 135 Å². The number of ether oxygens (including phenoxy) is 2. The molecule has 5 aromatic rings. The summed E-state index contributed by atoms with van der Waals surface area (Å²) < 4.78 is 17.1. The molecule has 6 rings (SSSR count). The number of nitrogens with zero attached hydrogens (tertiary/aromatic N) is 3. The highest BCUT2D eigenvalue weighted by molar-refractivity contribution is 8.00. The van der Waals surface area contributed by atoms with Gasteiger partial charge < -0.3 is 24.1 Å². The molecule has 0 aliphatic carbocycles. The number of furan rings is 1. The molecule has 1 aliphatic rings. The number of aryl methyl sites for hydroxylation is 1. The van der Waals surface area contributed by atoms with E-state index in [2.05, 4.69) is 10.2 Å². The maximum absolute atomic E-state index is 14.0. The molecule has 0 fully saturated rings. The van der Waals surface area contributed by atoms with Crippen molar-refractivity contribution in [1.29, 1.82) is 0 Å². The molecule has 2 N–H and O–H groups in total. The van der Waals surface area contributed by atoms with Crippen LogP contribution in [-0.4, -0.2) is 46.3 Å². The Morgan fingerprint density at radius 2 is 1.79 bits per heavy atom. The molecule has 0 spiro atoms. The van der Waals surface area contributed by atoms with Crippen molar-refractivity contribution in [2.24, 2.45) is 0 Å². The summed E-state index contributed by atoms with van der Waals surface area (Å²) in [4.78, 5) is 28.8. The molecular formula is C31H25N3O7S2. The highest BCUT2D eigenvalue weighted by Gasteiger charge is 2.47. The van der Waals surface area contributed by atoms with Crippen molar-refractivity contribution >= 4 is 50.9 Å². The SMILES string of the molecule is COc1cc(C2C(C(=O)c3cc4cccc(OC)c4o3)=C(O)C(=O)N2c2nnc(SCc3ccc(C)cc3)s2)ccc1O. The number of hydrogen-bond donors (Lipinski definition) is 2. The molecular weight excluding hydrogens is 590 g/mol. The summed E-state index contributed by atoms with van der Waals surface area (Å²) in [6, 6.07) is 18.2. The number of benzene rings is 3. The van der Waals surface area contributed by atoms with E-state index in [4.69, 9.17) is 13.9 Å². The Hall–Kier alpha value is -4.81. The lowest BCUT2D eigenvalue weighted by Gasteiger charge is -2.24. The van der Waals surface area contributed by atoms with E-state index in [-0.39, 0.29) is 28.0 Å². The van der Waals surface area contributed by atoms with Gasteiger partial charge in [0.05, 0.1) is 25.8 Å². The van der Waals surface area contributed by atoms with Crippen LogP contribution in [0.1, 0.15) is 33.3 Å². The minimum absolute atomic E-state index is 0.0851. The first-order valence-corrected chi connectivity index (χ1v) is 14.9. The number of carbonyl (C=O) groups is 2. The molecule has 0 bridgehead atoms. The second kappa shape index (κ2) is 11.5. The summed E-state index contributed by atoms with van der Waals surface area (Å²) in [6.45, 7) is 2.02. The van der Waals surface area contributed by atoms with Gasteiger partial charge in [-0.05, 0) is 42.3 Å². The van der Waals surface area contributed by atoms with E-state index < -0.39 is 23.5 Å². The van der Waals surface area contributed by atoms with Gasteiger partial charge in [-0.3, -0.25) is 14.5 Å². The van der Waals surface area contributed by atoms with Gasteiger partial charge in [0.25, 0.3) is 5.91 Å². The van der Waals surface area contributed by atoms with Gasteiger partial charge in [0.15, 0.2) is 38.7 Å². The van der Waals surface area contributed by atoms with E-state index in [1.54, 1.807) is 24.3 Å². The predicted molar refractivity (Wildman–Crippen MR) is 162 cm³/mol. The molecule has 1 atom stereocenters. The third-order valence-corrected chi connectivity index (χ3v) is 9.14. The number of hydrogen-bond acceptors (Lipinski definition) is 11. The van der Waals surface area contributed by atoms with Crippen LogP contribution >= 0.6 is 23.1 Å². The lowest BCUT2D eigenvalue weighted by molar-refractivity contribution is -0.117. The van der Waals surface area contributed by atoms with Crippen LogP contribution in [-0.2, 0) is 10.5 Å². The average molecular weight is 616 g/mol. The van der Waals surface area contributed by atoms with Crippen molar-refractivity contribution < 1.29 is 33.7 Å². The van der Waals surface area contributed by atoms with Gasteiger partial charge in [0, 0.05) is 11.1 Å². The van der Waals surface area contributed by atoms with Crippen molar-refractivity contribution in [2.75, 3.05) is 19.1 Å². The highest BCUT2D eigenvalue weighted by Crippen LogP contribution is 2.46. The fourth-order valence-electron chi connectivity index (χ4n) is 4.84. The number of thioether (sulfide) groups is 1. The lowest BCUT2D eigenvalue weighted by atomic mass is 9.95. The smallest absolute Gasteiger partial charge is 0.296 e. The minimum Gasteiger partial charge on any atom is -0.504 e. The Bertz CT molecular complexity index is 1900. The van der Waals surface area contributed by atoms with Crippen molar-refractivity contribution in [2.45, 2.75) is 23.1 Å². The van der Waals surface area contributed by atoms with Crippen LogP contribution in [0.2, 0.25) is 0 Å². The number of aliphatic hydroxyl groups excluding tert-OH is 1. The monoisotopic (exact) mass is 615 g/mol. The van der Waals surface area contributed by atoms with Crippen molar-refractivity contribution in [1.82, 2.24) is 10.2 Å². The number of fused-ring (bicyclic) bond motifs is 1. The molecule has 218 valence electrons. The number of carbonyl (C=O) groups excluding carboxylic acids is 2. The summed E-state index contributed by atoms with van der Waals surface area (Å²) in [5.74, 6) is -1.26. The van der Waals surface area contributed by atoms with Crippen LogP contribution in [0.5, 0.6) is 17.2 Å². The second-order valence-corrected chi connectivity index (χ2v) is 11.9. The molecule has 1 unspecified atom stereocenters. The first-order chi connectivity index (χ1) is 20.8. The van der Waals surface area contributed by atoms with Gasteiger partial charge >= 0.3 is 0 Å². The van der Waals surface area contributed by atoms with Crippen LogP contribution in [0.15, 0.2) is 86.8 Å². The number of aliphatic hydroxyl groups is 1. The zero-order valence-electron chi connectivity index (χ0n) is 23.2. The molecule has 10 nitrogen and oxygen atoms in total. The Balaban J connectivity index is 1.39. The van der Waals surface area contributed by atoms with Crippen LogP contribution in [0.25, 0.3) is 11.0 Å². The number of methoxy groups -OCH3 is 2. The van der Waals surface area contributed by atoms with E-state index >= 15 is 0 Å². The van der Waals surface area contributed by atoms with E-state index in [0.717, 1.165) is 22.5 Å². The van der Waals surface area contributed by atoms with Crippen molar-refractivity contribution in [3.05, 3.63) is 101 Å². The van der Waals surface area contributed by atoms with Gasteiger partial charge in [0.1, 0.15) is 0 Å². The largest absolute Gasteiger partial charge is 0.504 e. The standard InChI is InChI=1S/C31H25N3O7S2/c1-16-7-9-17(10-8-16)15-42-31-33-32-30(43-31)34-25(18-11-12-20(35)22(13-18)40-3)24(27(37)29(34)38)26(36)23-14-19-5-4-6-21(39-2)28(19)41-23/h4-14,25,35,37H,15H2,1-3H3. The van der Waals surface area contributed by atoms with Crippen molar-refractivity contribution in [3.8, 4) is 17.2 Å². The number of ketones is 1. The summed E-state index contributed by atoms with van der Waals surface area (Å²) in [6.07, 6.45) is 0. The molecule has 3 heterocycles. The molecule has 0 radical (unpaired) electrons.